The average Bonchev–Trinajstić information content (AvgIpc) is 3.31. The molecule has 0 aliphatic rings. The zero-order valence-electron chi connectivity index (χ0n) is 20.7. The first-order valence-corrected chi connectivity index (χ1v) is 12.1. The van der Waals surface area contributed by atoms with E-state index in [1.54, 1.807) is 50.5 Å². The zero-order valence-corrected chi connectivity index (χ0v) is 21.5. The Morgan fingerprint density at radius 1 is 1.05 bits per heavy atom. The summed E-state index contributed by atoms with van der Waals surface area (Å²) in [6.45, 7) is 0. The number of primary amides is 1. The first-order chi connectivity index (χ1) is 18.2. The van der Waals surface area contributed by atoms with Gasteiger partial charge in [-0.05, 0) is 30.3 Å². The fourth-order valence-corrected chi connectivity index (χ4v) is 4.61. The molecule has 0 atom stereocenters. The monoisotopic (exact) mass is 537 g/mol. The molecule has 0 saturated carbocycles. The number of carbonyl (C=O) groups is 3. The van der Waals surface area contributed by atoms with Gasteiger partial charge in [-0.1, -0.05) is 12.1 Å². The summed E-state index contributed by atoms with van der Waals surface area (Å²) in [5.41, 5.74) is 8.88. The number of ether oxygens (including phenoxy) is 2. The maximum Gasteiger partial charge on any atom is 0.275 e. The number of carbonyl (C=O) groups excluding carboxylic acids is 3. The normalized spacial score (nSPS) is 10.9. The van der Waals surface area contributed by atoms with Gasteiger partial charge in [-0.2, -0.15) is 0 Å². The van der Waals surface area contributed by atoms with E-state index in [2.05, 4.69) is 10.4 Å². The molecule has 12 heteroatoms. The molecule has 0 unspecified atom stereocenters. The van der Waals surface area contributed by atoms with Crippen LogP contribution < -0.4 is 25.5 Å². The topological polar surface area (TPSA) is 127 Å². The number of nitrogens with two attached hydrogens (primary N) is 1. The van der Waals surface area contributed by atoms with Gasteiger partial charge < -0.3 is 15.2 Å². The molecule has 4 aromatic rings. The van der Waals surface area contributed by atoms with Crippen molar-refractivity contribution in [1.82, 2.24) is 15.4 Å². The van der Waals surface area contributed by atoms with Crippen molar-refractivity contribution in [3.63, 3.8) is 0 Å². The molecule has 3 amide bonds. The van der Waals surface area contributed by atoms with Gasteiger partial charge in [0.05, 0.1) is 33.6 Å². The van der Waals surface area contributed by atoms with Crippen LogP contribution in [0, 0.1) is 5.82 Å². The van der Waals surface area contributed by atoms with Crippen molar-refractivity contribution < 1.29 is 28.2 Å². The number of methoxy groups -OCH3 is 1. The maximum atomic E-state index is 15.3. The quantitative estimate of drug-likeness (QED) is 0.244. The molecule has 196 valence electrons. The molecular formula is C26H24FN5O5S. The number of hydrazine groups is 1. The standard InChI is InChI=1S/C26H24FN5O5S/c1-31(2)30-26(35)22-13-17-25(38-22)21(10-11-29-17)37-19-9-8-15(12-16(19)27)32(24(34)14-23(28)33)18-6-4-5-7-20(18)36-3/h4-13H,14H2,1-3H3,(H2,28,33)(H,30,35). The molecule has 2 heterocycles. The van der Waals surface area contributed by atoms with E-state index >= 15 is 4.39 Å². The summed E-state index contributed by atoms with van der Waals surface area (Å²) in [6.07, 6.45) is 0.908. The van der Waals surface area contributed by atoms with Crippen LogP contribution in [0.5, 0.6) is 17.2 Å². The van der Waals surface area contributed by atoms with Crippen LogP contribution in [-0.2, 0) is 9.59 Å². The third kappa shape index (κ3) is 5.71. The number of hydrogen-bond donors (Lipinski definition) is 2. The van der Waals surface area contributed by atoms with E-state index in [0.29, 0.717) is 32.3 Å². The maximum absolute atomic E-state index is 15.3. The summed E-state index contributed by atoms with van der Waals surface area (Å²) in [7, 11) is 4.82. The Hall–Kier alpha value is -4.55. The van der Waals surface area contributed by atoms with Gasteiger partial charge in [0.1, 0.15) is 17.9 Å². The number of thiophene rings is 1. The van der Waals surface area contributed by atoms with Crippen LogP contribution in [0.2, 0.25) is 0 Å². The van der Waals surface area contributed by atoms with Gasteiger partial charge in [0.2, 0.25) is 11.8 Å². The molecule has 3 N–H and O–H groups in total. The molecule has 38 heavy (non-hydrogen) atoms. The fraction of sp³-hybridized carbons (Fsp3) is 0.154. The van der Waals surface area contributed by atoms with Gasteiger partial charge in [-0.25, -0.2) is 9.40 Å². The lowest BCUT2D eigenvalue weighted by molar-refractivity contribution is -0.125. The molecule has 0 fully saturated rings. The number of nitrogens with one attached hydrogen (secondary N) is 1. The SMILES string of the molecule is COc1ccccc1N(C(=O)CC(N)=O)c1ccc(Oc2ccnc3cc(C(=O)NN(C)C)sc23)c(F)c1. The molecule has 0 radical (unpaired) electrons. The number of nitrogens with zero attached hydrogens (tertiary/aromatic N) is 3. The highest BCUT2D eigenvalue weighted by Crippen LogP contribution is 2.39. The number of halogens is 1. The molecule has 4 rings (SSSR count). The highest BCUT2D eigenvalue weighted by Gasteiger charge is 2.24. The first kappa shape index (κ1) is 26.5. The second kappa shape index (κ2) is 11.2. The van der Waals surface area contributed by atoms with Crippen molar-refractivity contribution in [2.24, 2.45) is 5.73 Å². The van der Waals surface area contributed by atoms with Crippen LogP contribution >= 0.6 is 11.3 Å². The van der Waals surface area contributed by atoms with Gasteiger partial charge in [0.25, 0.3) is 5.91 Å². The van der Waals surface area contributed by atoms with Crippen molar-refractivity contribution in [2.75, 3.05) is 26.1 Å². The molecule has 0 aliphatic heterocycles. The number of amides is 3. The third-order valence-electron chi connectivity index (χ3n) is 5.22. The Labute approximate surface area is 221 Å². The summed E-state index contributed by atoms with van der Waals surface area (Å²) in [6, 6.07) is 13.8. The van der Waals surface area contributed by atoms with Crippen LogP contribution in [0.4, 0.5) is 15.8 Å². The Balaban J connectivity index is 1.68. The number of fused-ring (bicyclic) bond motifs is 1. The number of pyridine rings is 1. The zero-order chi connectivity index (χ0) is 27.4. The second-order valence-electron chi connectivity index (χ2n) is 8.23. The fourth-order valence-electron chi connectivity index (χ4n) is 3.66. The lowest BCUT2D eigenvalue weighted by Gasteiger charge is -2.24. The van der Waals surface area contributed by atoms with Crippen LogP contribution in [0.25, 0.3) is 10.2 Å². The molecule has 2 aromatic heterocycles. The second-order valence-corrected chi connectivity index (χ2v) is 9.28. The number of rotatable bonds is 9. The van der Waals surface area contributed by atoms with Gasteiger partial charge in [-0.3, -0.25) is 29.7 Å². The third-order valence-corrected chi connectivity index (χ3v) is 6.36. The predicted octanol–water partition coefficient (Wildman–Crippen LogP) is 3.98. The van der Waals surface area contributed by atoms with Gasteiger partial charge in [0.15, 0.2) is 11.6 Å². The van der Waals surface area contributed by atoms with Crippen LogP contribution in [0.3, 0.4) is 0 Å². The van der Waals surface area contributed by atoms with Crippen molar-refractivity contribution in [3.8, 4) is 17.2 Å². The minimum atomic E-state index is -0.827. The predicted molar refractivity (Wildman–Crippen MR) is 141 cm³/mol. The van der Waals surface area contributed by atoms with Crippen molar-refractivity contribution in [3.05, 3.63) is 71.5 Å². The number of hydrogen-bond acceptors (Lipinski definition) is 8. The average molecular weight is 538 g/mol. The summed E-state index contributed by atoms with van der Waals surface area (Å²) >= 11 is 1.16. The molecule has 2 aromatic carbocycles. The Morgan fingerprint density at radius 3 is 2.50 bits per heavy atom. The highest BCUT2D eigenvalue weighted by atomic mass is 32.1. The van der Waals surface area contributed by atoms with E-state index in [0.717, 1.165) is 22.3 Å². The summed E-state index contributed by atoms with van der Waals surface area (Å²) in [4.78, 5) is 42.7. The lowest BCUT2D eigenvalue weighted by Crippen LogP contribution is -2.35. The van der Waals surface area contributed by atoms with E-state index in [9.17, 15) is 14.4 Å². The molecule has 0 bridgehead atoms. The van der Waals surface area contributed by atoms with Crippen LogP contribution in [0.1, 0.15) is 16.1 Å². The molecule has 0 saturated heterocycles. The van der Waals surface area contributed by atoms with E-state index < -0.39 is 24.1 Å². The Bertz CT molecular complexity index is 1520. The van der Waals surface area contributed by atoms with Crippen LogP contribution in [-0.4, -0.2) is 48.9 Å². The van der Waals surface area contributed by atoms with Gasteiger partial charge in [-0.15, -0.1) is 11.3 Å². The molecule has 0 aliphatic carbocycles. The van der Waals surface area contributed by atoms with Crippen molar-refractivity contribution in [2.45, 2.75) is 6.42 Å². The smallest absolute Gasteiger partial charge is 0.275 e. The van der Waals surface area contributed by atoms with E-state index in [4.69, 9.17) is 15.2 Å². The van der Waals surface area contributed by atoms with Gasteiger partial charge in [0, 0.05) is 32.4 Å². The van der Waals surface area contributed by atoms with Gasteiger partial charge >= 0.3 is 0 Å². The number of aromatic nitrogens is 1. The largest absolute Gasteiger partial charge is 0.495 e. The number of anilines is 2. The minimum absolute atomic E-state index is 0.115. The van der Waals surface area contributed by atoms with E-state index in [-0.39, 0.29) is 17.3 Å². The van der Waals surface area contributed by atoms with Crippen molar-refractivity contribution >= 4 is 50.6 Å². The lowest BCUT2D eigenvalue weighted by atomic mass is 10.2. The summed E-state index contributed by atoms with van der Waals surface area (Å²) in [5.74, 6) is -2.02. The summed E-state index contributed by atoms with van der Waals surface area (Å²) < 4.78 is 27.1. The Kier molecular flexibility index (Phi) is 7.84. The summed E-state index contributed by atoms with van der Waals surface area (Å²) in [5, 5.41) is 1.52. The van der Waals surface area contributed by atoms with E-state index in [1.165, 1.54) is 30.4 Å². The first-order valence-electron chi connectivity index (χ1n) is 11.3. The highest BCUT2D eigenvalue weighted by molar-refractivity contribution is 7.21. The Morgan fingerprint density at radius 2 is 1.82 bits per heavy atom. The minimum Gasteiger partial charge on any atom is -0.495 e. The van der Waals surface area contributed by atoms with Crippen molar-refractivity contribution in [1.29, 1.82) is 0 Å². The number of benzene rings is 2. The molecule has 10 nitrogen and oxygen atoms in total. The molecular weight excluding hydrogens is 513 g/mol. The number of para-hydroxylation sites is 2. The van der Waals surface area contributed by atoms with Crippen LogP contribution in [0.15, 0.2) is 60.8 Å². The molecule has 0 spiro atoms. The van der Waals surface area contributed by atoms with E-state index in [1.807, 2.05) is 0 Å².